The number of carbonyl (C=O) groups excluding carboxylic acids is 1. The number of aliphatic hydroxyl groups is 1. The summed E-state index contributed by atoms with van der Waals surface area (Å²) in [7, 11) is 0. The standard InChI is InChI=1S/C14H20ClN3O2/c1-9-4-5-18(7-13(9)19)8-14(20)17-12-3-2-10(15)6-11(12)16/h2-3,6,9,13,19H,4-5,7-8,16H2,1H3,(H,17,20). The minimum absolute atomic E-state index is 0.138. The van der Waals surface area contributed by atoms with Crippen LogP contribution in [-0.2, 0) is 4.79 Å². The van der Waals surface area contributed by atoms with Crippen LogP contribution < -0.4 is 11.1 Å². The van der Waals surface area contributed by atoms with E-state index in [4.69, 9.17) is 17.3 Å². The van der Waals surface area contributed by atoms with Crippen molar-refractivity contribution in [1.82, 2.24) is 4.90 Å². The molecule has 1 aromatic rings. The molecule has 1 fully saturated rings. The number of rotatable bonds is 3. The van der Waals surface area contributed by atoms with Gasteiger partial charge < -0.3 is 16.2 Å². The van der Waals surface area contributed by atoms with Crippen molar-refractivity contribution < 1.29 is 9.90 Å². The maximum absolute atomic E-state index is 12.0. The summed E-state index contributed by atoms with van der Waals surface area (Å²) in [6, 6.07) is 4.96. The van der Waals surface area contributed by atoms with E-state index in [0.717, 1.165) is 13.0 Å². The zero-order valence-corrected chi connectivity index (χ0v) is 12.2. The monoisotopic (exact) mass is 297 g/mol. The lowest BCUT2D eigenvalue weighted by atomic mass is 9.96. The van der Waals surface area contributed by atoms with Crippen LogP contribution in [0.15, 0.2) is 18.2 Å². The summed E-state index contributed by atoms with van der Waals surface area (Å²) >= 11 is 5.81. The number of amides is 1. The highest BCUT2D eigenvalue weighted by atomic mass is 35.5. The van der Waals surface area contributed by atoms with Crippen molar-refractivity contribution in [3.63, 3.8) is 0 Å². The second-order valence-corrected chi connectivity index (χ2v) is 5.78. The largest absolute Gasteiger partial charge is 0.397 e. The second kappa shape index (κ2) is 6.43. The minimum Gasteiger partial charge on any atom is -0.397 e. The maximum Gasteiger partial charge on any atom is 0.238 e. The quantitative estimate of drug-likeness (QED) is 0.740. The van der Waals surface area contributed by atoms with Gasteiger partial charge in [0.2, 0.25) is 5.91 Å². The molecule has 0 aromatic heterocycles. The van der Waals surface area contributed by atoms with Crippen molar-refractivity contribution in [3.05, 3.63) is 23.2 Å². The molecule has 4 N–H and O–H groups in total. The molecule has 2 atom stereocenters. The Labute approximate surface area is 123 Å². The Morgan fingerprint density at radius 3 is 3.00 bits per heavy atom. The number of carbonyl (C=O) groups is 1. The Balaban J connectivity index is 1.89. The predicted octanol–water partition coefficient (Wildman–Crippen LogP) is 1.56. The van der Waals surface area contributed by atoms with Gasteiger partial charge in [-0.3, -0.25) is 9.69 Å². The molecule has 0 bridgehead atoms. The van der Waals surface area contributed by atoms with Gasteiger partial charge in [0.25, 0.3) is 0 Å². The lowest BCUT2D eigenvalue weighted by molar-refractivity contribution is -0.118. The number of hydrogen-bond acceptors (Lipinski definition) is 4. The van der Waals surface area contributed by atoms with E-state index >= 15 is 0 Å². The molecule has 1 aliphatic heterocycles. The van der Waals surface area contributed by atoms with Crippen molar-refractivity contribution in [1.29, 1.82) is 0 Å². The van der Waals surface area contributed by atoms with Gasteiger partial charge in [0.1, 0.15) is 0 Å². The number of hydrogen-bond donors (Lipinski definition) is 3. The summed E-state index contributed by atoms with van der Waals surface area (Å²) in [4.78, 5) is 13.9. The third-order valence-corrected chi connectivity index (χ3v) is 3.89. The molecule has 0 radical (unpaired) electrons. The lowest BCUT2D eigenvalue weighted by Gasteiger charge is -2.33. The summed E-state index contributed by atoms with van der Waals surface area (Å²) in [6.45, 7) is 3.63. The number of anilines is 2. The number of halogens is 1. The molecule has 20 heavy (non-hydrogen) atoms. The summed E-state index contributed by atoms with van der Waals surface area (Å²) in [5, 5.41) is 13.1. The Bertz CT molecular complexity index is 495. The smallest absolute Gasteiger partial charge is 0.238 e. The molecule has 1 amide bonds. The number of benzene rings is 1. The van der Waals surface area contributed by atoms with E-state index in [2.05, 4.69) is 5.32 Å². The first-order chi connectivity index (χ1) is 9.45. The van der Waals surface area contributed by atoms with Crippen LogP contribution in [0.4, 0.5) is 11.4 Å². The highest BCUT2D eigenvalue weighted by Crippen LogP contribution is 2.23. The molecule has 1 heterocycles. The van der Waals surface area contributed by atoms with Gasteiger partial charge in [-0.25, -0.2) is 0 Å². The topological polar surface area (TPSA) is 78.6 Å². The van der Waals surface area contributed by atoms with Gasteiger partial charge in [-0.2, -0.15) is 0 Å². The number of aliphatic hydroxyl groups excluding tert-OH is 1. The average molecular weight is 298 g/mol. The van der Waals surface area contributed by atoms with E-state index in [1.807, 2.05) is 11.8 Å². The first kappa shape index (κ1) is 15.1. The fourth-order valence-electron chi connectivity index (χ4n) is 2.30. The normalized spacial score (nSPS) is 23.6. The van der Waals surface area contributed by atoms with Crippen molar-refractivity contribution in [2.45, 2.75) is 19.4 Å². The Kier molecular flexibility index (Phi) is 4.86. The fraction of sp³-hybridized carbons (Fsp3) is 0.500. The number of β-amino-alcohol motifs (C(OH)–C–C–N with tert-alkyl or cyclic N) is 1. The second-order valence-electron chi connectivity index (χ2n) is 5.35. The highest BCUT2D eigenvalue weighted by Gasteiger charge is 2.25. The van der Waals surface area contributed by atoms with Gasteiger partial charge in [-0.15, -0.1) is 0 Å². The molecular formula is C14H20ClN3O2. The molecule has 1 aliphatic rings. The van der Waals surface area contributed by atoms with Crippen LogP contribution in [-0.4, -0.2) is 41.7 Å². The first-order valence-electron chi connectivity index (χ1n) is 6.71. The minimum atomic E-state index is -0.364. The molecule has 0 aliphatic carbocycles. The molecule has 2 rings (SSSR count). The van der Waals surface area contributed by atoms with E-state index in [1.54, 1.807) is 18.2 Å². The van der Waals surface area contributed by atoms with Gasteiger partial charge in [0.05, 0.1) is 24.0 Å². The number of nitrogens with zero attached hydrogens (tertiary/aromatic N) is 1. The number of nitrogen functional groups attached to an aromatic ring is 1. The highest BCUT2D eigenvalue weighted by molar-refractivity contribution is 6.31. The Morgan fingerprint density at radius 2 is 2.35 bits per heavy atom. The predicted molar refractivity (Wildman–Crippen MR) is 80.7 cm³/mol. The van der Waals surface area contributed by atoms with Crippen LogP contribution in [0.3, 0.4) is 0 Å². The van der Waals surface area contributed by atoms with E-state index in [-0.39, 0.29) is 18.6 Å². The molecule has 1 saturated heterocycles. The van der Waals surface area contributed by atoms with Gasteiger partial charge >= 0.3 is 0 Å². The van der Waals surface area contributed by atoms with E-state index in [9.17, 15) is 9.90 Å². The molecule has 0 spiro atoms. The summed E-state index contributed by atoms with van der Waals surface area (Å²) in [5.74, 6) is 0.155. The number of piperidine rings is 1. The lowest BCUT2D eigenvalue weighted by Crippen LogP contribution is -2.45. The van der Waals surface area contributed by atoms with Crippen LogP contribution in [0.25, 0.3) is 0 Å². The van der Waals surface area contributed by atoms with E-state index in [0.29, 0.717) is 28.9 Å². The van der Waals surface area contributed by atoms with Crippen molar-refractivity contribution >= 4 is 28.9 Å². The van der Waals surface area contributed by atoms with Gasteiger partial charge in [-0.1, -0.05) is 18.5 Å². The molecule has 1 aromatic carbocycles. The van der Waals surface area contributed by atoms with Crippen LogP contribution >= 0.6 is 11.6 Å². The number of likely N-dealkylation sites (tertiary alicyclic amines) is 1. The third-order valence-electron chi connectivity index (χ3n) is 3.66. The third kappa shape index (κ3) is 3.85. The van der Waals surface area contributed by atoms with Gasteiger partial charge in [0, 0.05) is 11.6 Å². The fourth-order valence-corrected chi connectivity index (χ4v) is 2.48. The Hall–Kier alpha value is -1.30. The molecular weight excluding hydrogens is 278 g/mol. The van der Waals surface area contributed by atoms with E-state index in [1.165, 1.54) is 0 Å². The zero-order chi connectivity index (χ0) is 14.7. The summed E-state index contributed by atoms with van der Waals surface area (Å²) in [5.41, 5.74) is 6.79. The van der Waals surface area contributed by atoms with Crippen LogP contribution in [0, 0.1) is 5.92 Å². The van der Waals surface area contributed by atoms with Crippen molar-refractivity contribution in [3.8, 4) is 0 Å². The SMILES string of the molecule is CC1CCN(CC(=O)Nc2ccc(Cl)cc2N)CC1O. The Morgan fingerprint density at radius 1 is 1.60 bits per heavy atom. The number of nitrogens with one attached hydrogen (secondary N) is 1. The molecule has 2 unspecified atom stereocenters. The first-order valence-corrected chi connectivity index (χ1v) is 7.09. The summed E-state index contributed by atoms with van der Waals surface area (Å²) < 4.78 is 0. The van der Waals surface area contributed by atoms with Gasteiger partial charge in [-0.05, 0) is 37.1 Å². The zero-order valence-electron chi connectivity index (χ0n) is 11.5. The number of nitrogens with two attached hydrogens (primary N) is 1. The average Bonchev–Trinajstić information content (AvgIpc) is 2.37. The summed E-state index contributed by atoms with van der Waals surface area (Å²) in [6.07, 6.45) is 0.537. The van der Waals surface area contributed by atoms with Crippen LogP contribution in [0.5, 0.6) is 0 Å². The van der Waals surface area contributed by atoms with Crippen molar-refractivity contribution in [2.24, 2.45) is 5.92 Å². The van der Waals surface area contributed by atoms with E-state index < -0.39 is 0 Å². The van der Waals surface area contributed by atoms with Crippen molar-refractivity contribution in [2.75, 3.05) is 30.7 Å². The molecule has 6 heteroatoms. The van der Waals surface area contributed by atoms with Crippen LogP contribution in [0.1, 0.15) is 13.3 Å². The molecule has 0 saturated carbocycles. The van der Waals surface area contributed by atoms with Crippen LogP contribution in [0.2, 0.25) is 5.02 Å². The van der Waals surface area contributed by atoms with Gasteiger partial charge in [0.15, 0.2) is 0 Å². The molecule has 5 nitrogen and oxygen atoms in total. The molecule has 110 valence electrons. The maximum atomic E-state index is 12.0.